The molecule has 2 aromatic carbocycles. The highest BCUT2D eigenvalue weighted by Crippen LogP contribution is 2.39. The summed E-state index contributed by atoms with van der Waals surface area (Å²) >= 11 is 0. The maximum absolute atomic E-state index is 14.2. The number of hydrogen-bond acceptors (Lipinski definition) is 5. The van der Waals surface area contributed by atoms with Gasteiger partial charge in [0.25, 0.3) is 5.91 Å². The van der Waals surface area contributed by atoms with Gasteiger partial charge in [-0.3, -0.25) is 19.3 Å². The summed E-state index contributed by atoms with van der Waals surface area (Å²) in [6, 6.07) is 21.3. The fourth-order valence-electron chi connectivity index (χ4n) is 6.13. The Balaban J connectivity index is 1.51. The largest absolute Gasteiger partial charge is 0.494 e. The van der Waals surface area contributed by atoms with Crippen LogP contribution in [-0.4, -0.2) is 35.3 Å². The quantitative estimate of drug-likeness (QED) is 0.377. The van der Waals surface area contributed by atoms with Gasteiger partial charge in [0.2, 0.25) is 5.43 Å². The molecule has 6 rings (SSSR count). The molecule has 7 nitrogen and oxygen atoms in total. The molecular formula is C35H39N3O4. The van der Waals surface area contributed by atoms with Crippen LogP contribution in [0, 0.1) is 11.8 Å². The van der Waals surface area contributed by atoms with E-state index in [0.717, 1.165) is 48.1 Å². The van der Waals surface area contributed by atoms with Gasteiger partial charge in [-0.2, -0.15) is 0 Å². The Morgan fingerprint density at radius 2 is 1.71 bits per heavy atom. The van der Waals surface area contributed by atoms with E-state index in [-0.39, 0.29) is 35.4 Å². The fraction of sp³-hybridized carbons (Fsp3) is 0.371. The topological polar surface area (TPSA) is 64.0 Å². The van der Waals surface area contributed by atoms with Crippen LogP contribution in [0.4, 0.5) is 0 Å². The number of benzene rings is 2. The number of nitrogens with zero attached hydrogens (tertiary/aromatic N) is 3. The van der Waals surface area contributed by atoms with Crippen LogP contribution < -0.4 is 15.2 Å². The summed E-state index contributed by atoms with van der Waals surface area (Å²) in [7, 11) is 0. The summed E-state index contributed by atoms with van der Waals surface area (Å²) in [6.45, 7) is 6.29. The molecule has 1 aliphatic carbocycles. The van der Waals surface area contributed by atoms with E-state index in [1.165, 1.54) is 6.07 Å². The van der Waals surface area contributed by atoms with E-state index in [2.05, 4.69) is 43.1 Å². The lowest BCUT2D eigenvalue weighted by molar-refractivity contribution is 0.0671. The Labute approximate surface area is 247 Å². The summed E-state index contributed by atoms with van der Waals surface area (Å²) in [6.07, 6.45) is 9.97. The lowest BCUT2D eigenvalue weighted by atomic mass is 9.88. The zero-order valence-electron chi connectivity index (χ0n) is 24.4. The second-order valence-electron chi connectivity index (χ2n) is 11.7. The number of aromatic nitrogens is 1. The average Bonchev–Trinajstić information content (AvgIpc) is 3.01. The molecule has 7 heteroatoms. The fourth-order valence-corrected chi connectivity index (χ4v) is 6.13. The van der Waals surface area contributed by atoms with Crippen molar-refractivity contribution in [3.05, 3.63) is 123 Å². The molecule has 1 saturated heterocycles. The second kappa shape index (κ2) is 12.3. The first kappa shape index (κ1) is 27.9. The SMILES string of the molecule is CC1C=C2OCC[C@@H](C)CCCN3CN(C(c4ccccc4)C2=CC1)n1ccc(=O)c(OCc2ccccc2)c1C3=O. The van der Waals surface area contributed by atoms with Gasteiger partial charge in [-0.25, -0.2) is 0 Å². The minimum atomic E-state index is -0.301. The molecule has 218 valence electrons. The third-order valence-electron chi connectivity index (χ3n) is 8.47. The molecule has 3 aromatic rings. The number of amides is 1. The predicted octanol–water partition coefficient (Wildman–Crippen LogP) is 6.21. The summed E-state index contributed by atoms with van der Waals surface area (Å²) in [5, 5.41) is 2.18. The molecule has 2 bridgehead atoms. The number of ether oxygens (including phenoxy) is 2. The standard InChI is InChI=1S/C35H39N3O4/c1-25-10-9-19-36-24-38(32(28-13-7-4-8-14-28)29-16-15-26(2)22-31(29)41-21-18-25)37-20-17-30(39)34(33(37)35(36)40)42-23-27-11-5-3-6-12-27/h3-8,11-14,16-17,20,22,25-26,32H,9-10,15,18-19,21,23-24H2,1-2H3/t25-,26?,32?/m0/s1. The lowest BCUT2D eigenvalue weighted by Gasteiger charge is -2.45. The number of carbonyl (C=O) groups is 1. The van der Waals surface area contributed by atoms with Crippen LogP contribution in [-0.2, 0) is 11.3 Å². The molecule has 0 saturated carbocycles. The summed E-state index contributed by atoms with van der Waals surface area (Å²) < 4.78 is 14.5. The minimum absolute atomic E-state index is 0.0869. The van der Waals surface area contributed by atoms with E-state index in [4.69, 9.17) is 9.47 Å². The van der Waals surface area contributed by atoms with E-state index in [9.17, 15) is 9.59 Å². The van der Waals surface area contributed by atoms with Crippen molar-refractivity contribution < 1.29 is 14.3 Å². The van der Waals surface area contributed by atoms with Crippen molar-refractivity contribution in [3.8, 4) is 5.75 Å². The van der Waals surface area contributed by atoms with Crippen molar-refractivity contribution >= 4 is 5.91 Å². The molecule has 2 aliphatic heterocycles. The molecule has 0 spiro atoms. The van der Waals surface area contributed by atoms with Gasteiger partial charge in [0, 0.05) is 24.4 Å². The Morgan fingerprint density at radius 3 is 2.50 bits per heavy atom. The predicted molar refractivity (Wildman–Crippen MR) is 164 cm³/mol. The number of rotatable bonds is 4. The highest BCUT2D eigenvalue weighted by atomic mass is 16.5. The molecule has 1 amide bonds. The van der Waals surface area contributed by atoms with Gasteiger partial charge in [0.1, 0.15) is 25.1 Å². The molecule has 42 heavy (non-hydrogen) atoms. The second-order valence-corrected chi connectivity index (χ2v) is 11.7. The first-order chi connectivity index (χ1) is 20.5. The number of carbonyl (C=O) groups excluding carboxylic acids is 1. The molecular weight excluding hydrogens is 526 g/mol. The van der Waals surface area contributed by atoms with E-state index in [0.29, 0.717) is 31.7 Å². The average molecular weight is 566 g/mol. The lowest BCUT2D eigenvalue weighted by Crippen LogP contribution is -2.56. The Hall–Kier alpha value is -4.26. The normalized spacial score (nSPS) is 22.7. The van der Waals surface area contributed by atoms with Crippen LogP contribution in [0.15, 0.2) is 101 Å². The van der Waals surface area contributed by atoms with Crippen molar-refractivity contribution in [1.29, 1.82) is 0 Å². The van der Waals surface area contributed by atoms with E-state index < -0.39 is 0 Å². The van der Waals surface area contributed by atoms with Crippen LogP contribution >= 0.6 is 0 Å². The zero-order valence-corrected chi connectivity index (χ0v) is 24.4. The maximum atomic E-state index is 14.2. The van der Waals surface area contributed by atoms with Crippen molar-refractivity contribution in [2.75, 3.05) is 24.8 Å². The molecule has 0 radical (unpaired) electrons. The number of hydrogen-bond donors (Lipinski definition) is 0. The van der Waals surface area contributed by atoms with Crippen molar-refractivity contribution in [3.63, 3.8) is 0 Å². The van der Waals surface area contributed by atoms with Crippen LogP contribution in [0.3, 0.4) is 0 Å². The Bertz CT molecular complexity index is 1530. The molecule has 3 heterocycles. The van der Waals surface area contributed by atoms with Crippen LogP contribution in [0.1, 0.15) is 67.2 Å². The first-order valence-corrected chi connectivity index (χ1v) is 15.1. The monoisotopic (exact) mass is 565 g/mol. The third-order valence-corrected chi connectivity index (χ3v) is 8.47. The molecule has 0 N–H and O–H groups in total. The van der Waals surface area contributed by atoms with E-state index >= 15 is 0 Å². The number of allylic oxidation sites excluding steroid dienone is 2. The summed E-state index contributed by atoms with van der Waals surface area (Å²) in [4.78, 5) is 29.3. The van der Waals surface area contributed by atoms with Crippen LogP contribution in [0.25, 0.3) is 0 Å². The van der Waals surface area contributed by atoms with Gasteiger partial charge in [-0.1, -0.05) is 80.6 Å². The Kier molecular flexibility index (Phi) is 8.17. The van der Waals surface area contributed by atoms with Gasteiger partial charge in [-0.15, -0.1) is 0 Å². The highest BCUT2D eigenvalue weighted by Gasteiger charge is 2.39. The molecule has 2 unspecified atom stereocenters. The van der Waals surface area contributed by atoms with Gasteiger partial charge in [0.15, 0.2) is 11.4 Å². The van der Waals surface area contributed by atoms with Crippen molar-refractivity contribution in [2.24, 2.45) is 11.8 Å². The molecule has 1 fully saturated rings. The maximum Gasteiger partial charge on any atom is 0.277 e. The van der Waals surface area contributed by atoms with Crippen LogP contribution in [0.5, 0.6) is 5.75 Å². The first-order valence-electron chi connectivity index (χ1n) is 15.1. The molecule has 1 aromatic heterocycles. The zero-order chi connectivity index (χ0) is 29.1. The minimum Gasteiger partial charge on any atom is -0.494 e. The van der Waals surface area contributed by atoms with Gasteiger partial charge in [0.05, 0.1) is 6.61 Å². The van der Waals surface area contributed by atoms with Gasteiger partial charge in [-0.05, 0) is 54.7 Å². The van der Waals surface area contributed by atoms with Crippen molar-refractivity contribution in [1.82, 2.24) is 9.58 Å². The highest BCUT2D eigenvalue weighted by molar-refractivity contribution is 5.96. The third kappa shape index (κ3) is 5.73. The summed E-state index contributed by atoms with van der Waals surface area (Å²) in [5.41, 5.74) is 3.06. The van der Waals surface area contributed by atoms with Gasteiger partial charge >= 0.3 is 0 Å². The van der Waals surface area contributed by atoms with Gasteiger partial charge < -0.3 is 14.4 Å². The van der Waals surface area contributed by atoms with Crippen molar-refractivity contribution in [2.45, 2.75) is 52.2 Å². The Morgan fingerprint density at radius 1 is 0.952 bits per heavy atom. The van der Waals surface area contributed by atoms with E-state index in [1.54, 1.807) is 6.20 Å². The smallest absolute Gasteiger partial charge is 0.277 e. The van der Waals surface area contributed by atoms with Crippen LogP contribution in [0.2, 0.25) is 0 Å². The molecule has 3 aliphatic rings. The van der Waals surface area contributed by atoms with E-state index in [1.807, 2.05) is 58.1 Å². The molecule has 3 atom stereocenters. The number of fused-ring (bicyclic) bond motifs is 5. The summed E-state index contributed by atoms with van der Waals surface area (Å²) in [5.74, 6) is 1.65. The number of pyridine rings is 1.